The molecule has 1 amide bonds. The van der Waals surface area contributed by atoms with Gasteiger partial charge in [0.05, 0.1) is 5.39 Å². The Hall–Kier alpha value is -2.06. The maximum atomic E-state index is 12.3. The number of thiophene rings is 1. The molecule has 1 aliphatic rings. The average molecular weight is 388 g/mol. The summed E-state index contributed by atoms with van der Waals surface area (Å²) in [6.45, 7) is 7.38. The van der Waals surface area contributed by atoms with E-state index < -0.39 is 0 Å². The third kappa shape index (κ3) is 3.32. The smallest absolute Gasteiger partial charge is 0.290 e. The molecule has 2 N–H and O–H groups in total. The van der Waals surface area contributed by atoms with Crippen molar-refractivity contribution in [1.82, 2.24) is 24.9 Å². The van der Waals surface area contributed by atoms with Crippen molar-refractivity contribution in [2.75, 3.05) is 13.2 Å². The van der Waals surface area contributed by atoms with E-state index in [2.05, 4.69) is 41.2 Å². The van der Waals surface area contributed by atoms with Gasteiger partial charge >= 0.3 is 0 Å². The number of aliphatic hydroxyl groups is 1. The van der Waals surface area contributed by atoms with Crippen LogP contribution in [-0.2, 0) is 12.8 Å². The van der Waals surface area contributed by atoms with Gasteiger partial charge in [-0.2, -0.15) is 0 Å². The van der Waals surface area contributed by atoms with Crippen molar-refractivity contribution < 1.29 is 9.90 Å². The van der Waals surface area contributed by atoms with Gasteiger partial charge in [0.15, 0.2) is 5.65 Å². The van der Waals surface area contributed by atoms with Gasteiger partial charge in [-0.1, -0.05) is 20.8 Å². The maximum Gasteiger partial charge on any atom is 0.290 e. The van der Waals surface area contributed by atoms with Crippen LogP contribution in [0.5, 0.6) is 0 Å². The van der Waals surface area contributed by atoms with Crippen LogP contribution < -0.4 is 5.32 Å². The first-order chi connectivity index (χ1) is 12.9. The number of hydrogen-bond donors (Lipinski definition) is 2. The van der Waals surface area contributed by atoms with E-state index in [0.717, 1.165) is 29.5 Å². The number of aryl methyl sites for hydroxylation is 1. The van der Waals surface area contributed by atoms with E-state index in [4.69, 9.17) is 5.11 Å². The second kappa shape index (κ2) is 6.83. The zero-order chi connectivity index (χ0) is 19.2. The number of fused-ring (bicyclic) bond motifs is 5. The molecule has 144 valence electrons. The van der Waals surface area contributed by atoms with Gasteiger partial charge in [0.1, 0.15) is 11.2 Å². The Labute approximate surface area is 161 Å². The summed E-state index contributed by atoms with van der Waals surface area (Å²) in [5.74, 6) is 0.488. The van der Waals surface area contributed by atoms with Crippen molar-refractivity contribution in [2.24, 2.45) is 11.3 Å². The van der Waals surface area contributed by atoms with Crippen LogP contribution in [0.1, 0.15) is 54.7 Å². The first-order valence-corrected chi connectivity index (χ1v) is 10.2. The fraction of sp³-hybridized carbons (Fsp3) is 0.579. The lowest BCUT2D eigenvalue weighted by Crippen LogP contribution is -2.26. The van der Waals surface area contributed by atoms with E-state index in [9.17, 15) is 4.79 Å². The van der Waals surface area contributed by atoms with Gasteiger partial charge in [0, 0.05) is 18.0 Å². The molecule has 0 bridgehead atoms. The van der Waals surface area contributed by atoms with Gasteiger partial charge < -0.3 is 10.4 Å². The molecular weight excluding hydrogens is 362 g/mol. The van der Waals surface area contributed by atoms with Crippen LogP contribution in [0, 0.1) is 11.3 Å². The highest BCUT2D eigenvalue weighted by molar-refractivity contribution is 7.19. The molecule has 8 heteroatoms. The minimum Gasteiger partial charge on any atom is -0.396 e. The molecule has 3 heterocycles. The highest BCUT2D eigenvalue weighted by Gasteiger charge is 2.32. The molecular formula is C19H25N5O2S. The fourth-order valence-corrected chi connectivity index (χ4v) is 5.03. The lowest BCUT2D eigenvalue weighted by molar-refractivity contribution is 0.0941. The number of hydrogen-bond acceptors (Lipinski definition) is 6. The number of aromatic nitrogens is 4. The molecule has 1 atom stereocenters. The van der Waals surface area contributed by atoms with Crippen LogP contribution in [-0.4, -0.2) is 43.7 Å². The van der Waals surface area contributed by atoms with E-state index in [1.165, 1.54) is 10.4 Å². The first-order valence-electron chi connectivity index (χ1n) is 9.43. The zero-order valence-electron chi connectivity index (χ0n) is 15.9. The number of aliphatic hydroxyl groups excluding tert-OH is 1. The Morgan fingerprint density at radius 3 is 3.00 bits per heavy atom. The van der Waals surface area contributed by atoms with Crippen molar-refractivity contribution in [3.8, 4) is 0 Å². The SMILES string of the molecule is CC(C)(C)[C@H]1CCc2c(sc3ncn4nc(C(=O)NCCCO)nc4c23)C1. The van der Waals surface area contributed by atoms with Crippen LogP contribution >= 0.6 is 11.3 Å². The molecule has 0 aromatic carbocycles. The number of carbonyl (C=O) groups excluding carboxylic acids is 1. The Kier molecular flexibility index (Phi) is 4.63. The summed E-state index contributed by atoms with van der Waals surface area (Å²) in [4.78, 5) is 23.7. The summed E-state index contributed by atoms with van der Waals surface area (Å²) in [7, 11) is 0. The van der Waals surface area contributed by atoms with E-state index in [1.807, 2.05) is 0 Å². The molecule has 0 aliphatic heterocycles. The third-order valence-electron chi connectivity index (χ3n) is 5.43. The summed E-state index contributed by atoms with van der Waals surface area (Å²) in [5.41, 5.74) is 2.33. The molecule has 0 spiro atoms. The minimum absolute atomic E-state index is 0.0417. The molecule has 0 radical (unpaired) electrons. The van der Waals surface area contributed by atoms with Gasteiger partial charge in [-0.25, -0.2) is 14.5 Å². The number of nitrogens with one attached hydrogen (secondary N) is 1. The zero-order valence-corrected chi connectivity index (χ0v) is 16.8. The van der Waals surface area contributed by atoms with E-state index in [0.29, 0.717) is 29.9 Å². The number of amides is 1. The summed E-state index contributed by atoms with van der Waals surface area (Å²) < 4.78 is 1.60. The Balaban J connectivity index is 1.72. The summed E-state index contributed by atoms with van der Waals surface area (Å²) in [6.07, 6.45) is 5.40. The molecule has 0 saturated heterocycles. The molecule has 3 aromatic rings. The summed E-state index contributed by atoms with van der Waals surface area (Å²) in [5, 5.41) is 16.9. The monoisotopic (exact) mass is 387 g/mol. The molecule has 7 nitrogen and oxygen atoms in total. The highest BCUT2D eigenvalue weighted by Crippen LogP contribution is 2.43. The standard InChI is InChI=1S/C19H25N5O2S/c1-19(2,3)11-5-6-12-13(9-11)27-18-14(12)16-22-15(23-24(16)10-21-18)17(26)20-7-4-8-25/h10-11,25H,4-9H2,1-3H3,(H,20,26)/t11-/m0/s1. The van der Waals surface area contributed by atoms with E-state index >= 15 is 0 Å². The predicted molar refractivity (Wildman–Crippen MR) is 105 cm³/mol. The predicted octanol–water partition coefficient (Wildman–Crippen LogP) is 2.60. The maximum absolute atomic E-state index is 12.3. The van der Waals surface area contributed by atoms with Gasteiger partial charge in [-0.15, -0.1) is 16.4 Å². The summed E-state index contributed by atoms with van der Waals surface area (Å²) in [6, 6.07) is 0. The lowest BCUT2D eigenvalue weighted by atomic mass is 9.72. The quantitative estimate of drug-likeness (QED) is 0.671. The first kappa shape index (κ1) is 18.3. The van der Waals surface area contributed by atoms with Crippen LogP contribution in [0.3, 0.4) is 0 Å². The van der Waals surface area contributed by atoms with Crippen LogP contribution in [0.2, 0.25) is 0 Å². The average Bonchev–Trinajstić information content (AvgIpc) is 3.21. The van der Waals surface area contributed by atoms with Crippen molar-refractivity contribution in [1.29, 1.82) is 0 Å². The van der Waals surface area contributed by atoms with E-state index in [-0.39, 0.29) is 18.3 Å². The second-order valence-electron chi connectivity index (χ2n) is 8.27. The lowest BCUT2D eigenvalue weighted by Gasteiger charge is -2.33. The topological polar surface area (TPSA) is 92.4 Å². The normalized spacial score (nSPS) is 17.4. The minimum atomic E-state index is -0.322. The van der Waals surface area contributed by atoms with Gasteiger partial charge in [0.25, 0.3) is 5.91 Å². The largest absolute Gasteiger partial charge is 0.396 e. The molecule has 0 saturated carbocycles. The van der Waals surface area contributed by atoms with Gasteiger partial charge in [-0.05, 0) is 42.6 Å². The molecule has 0 fully saturated rings. The molecule has 27 heavy (non-hydrogen) atoms. The number of nitrogens with zero attached hydrogens (tertiary/aromatic N) is 4. The third-order valence-corrected chi connectivity index (χ3v) is 6.60. The van der Waals surface area contributed by atoms with Crippen molar-refractivity contribution in [2.45, 2.75) is 46.5 Å². The molecule has 4 rings (SSSR count). The van der Waals surface area contributed by atoms with Crippen LogP contribution in [0.4, 0.5) is 0 Å². The molecule has 1 aliphatic carbocycles. The van der Waals surface area contributed by atoms with Gasteiger partial charge in [-0.3, -0.25) is 4.79 Å². The van der Waals surface area contributed by atoms with E-state index in [1.54, 1.807) is 22.2 Å². The van der Waals surface area contributed by atoms with Crippen molar-refractivity contribution >= 4 is 33.1 Å². The van der Waals surface area contributed by atoms with Crippen LogP contribution in [0.15, 0.2) is 6.33 Å². The van der Waals surface area contributed by atoms with Crippen molar-refractivity contribution in [3.05, 3.63) is 22.6 Å². The highest BCUT2D eigenvalue weighted by atomic mass is 32.1. The second-order valence-corrected chi connectivity index (χ2v) is 9.35. The molecule has 3 aromatic heterocycles. The van der Waals surface area contributed by atoms with Gasteiger partial charge in [0.2, 0.25) is 5.82 Å². The number of rotatable bonds is 4. The van der Waals surface area contributed by atoms with Crippen LogP contribution in [0.25, 0.3) is 15.9 Å². The Morgan fingerprint density at radius 2 is 2.26 bits per heavy atom. The fourth-order valence-electron chi connectivity index (χ4n) is 3.77. The molecule has 0 unspecified atom stereocenters. The van der Waals surface area contributed by atoms with Crippen molar-refractivity contribution in [3.63, 3.8) is 0 Å². The summed E-state index contributed by atoms with van der Waals surface area (Å²) >= 11 is 1.75. The number of carbonyl (C=O) groups is 1. The Bertz CT molecular complexity index is 1000. The Morgan fingerprint density at radius 1 is 1.44 bits per heavy atom.